The topological polar surface area (TPSA) is 113 Å². The van der Waals surface area contributed by atoms with Gasteiger partial charge >= 0.3 is 11.9 Å². The van der Waals surface area contributed by atoms with Crippen LogP contribution in [-0.2, 0) is 31.1 Å². The quantitative estimate of drug-likeness (QED) is 0.515. The van der Waals surface area contributed by atoms with Crippen LogP contribution < -0.4 is 22.9 Å². The first-order chi connectivity index (χ1) is 13.5. The molecule has 0 fully saturated rings. The Hall–Kier alpha value is -3.08. The molecule has 0 amide bonds. The first kappa shape index (κ1) is 24.0. The van der Waals surface area contributed by atoms with Crippen LogP contribution in [0.2, 0.25) is 0 Å². The van der Waals surface area contributed by atoms with Crippen molar-refractivity contribution in [1.82, 2.24) is 0 Å². The van der Waals surface area contributed by atoms with E-state index in [4.69, 9.17) is 14.2 Å². The Bertz CT molecular complexity index is 852. The first-order valence-electron chi connectivity index (χ1n) is 8.76. The van der Waals surface area contributed by atoms with E-state index in [1.54, 1.807) is 43.3 Å². The second-order valence-corrected chi connectivity index (χ2v) is 6.01. The van der Waals surface area contributed by atoms with Crippen molar-refractivity contribution in [1.29, 1.82) is 5.26 Å². The summed E-state index contributed by atoms with van der Waals surface area (Å²) in [6.45, 7) is 1.71. The predicted octanol–water partition coefficient (Wildman–Crippen LogP) is -1.62. The second kappa shape index (κ2) is 11.1. The highest BCUT2D eigenvalue weighted by Crippen LogP contribution is 2.30. The van der Waals surface area contributed by atoms with Gasteiger partial charge in [0.1, 0.15) is 12.4 Å². The average Bonchev–Trinajstić information content (AvgIpc) is 2.74. The van der Waals surface area contributed by atoms with Crippen molar-refractivity contribution in [3.05, 3.63) is 65.7 Å². The standard InChI is InChI=1S/C21H22N2O5.ClH/c1-3-27-19(24)18(23)21(14-22,16-9-11-17(26-2)12-10-16)20(25)28-13-15-7-5-4-6-8-15;/h4-12,18H,3,13,23H2,1-2H3;1H/t18-,21-;/m0./s1. The van der Waals surface area contributed by atoms with Gasteiger partial charge < -0.3 is 32.4 Å². The van der Waals surface area contributed by atoms with E-state index in [1.165, 1.54) is 7.11 Å². The van der Waals surface area contributed by atoms with E-state index in [0.29, 0.717) is 5.75 Å². The molecule has 0 saturated heterocycles. The maximum absolute atomic E-state index is 13.1. The SMILES string of the molecule is CCOC(=O)[C@H]([NH3+])[C@@](C#N)(C(=O)OCc1ccccc1)c1ccc(OC)cc1.[Cl-]. The van der Waals surface area contributed by atoms with Crippen molar-refractivity contribution < 1.29 is 41.9 Å². The second-order valence-electron chi connectivity index (χ2n) is 6.01. The number of hydrogen-bond donors (Lipinski definition) is 1. The molecule has 2 rings (SSSR count). The maximum Gasteiger partial charge on any atom is 0.367 e. The van der Waals surface area contributed by atoms with Crippen LogP contribution in [0.5, 0.6) is 5.75 Å². The molecule has 0 spiro atoms. The van der Waals surface area contributed by atoms with Gasteiger partial charge in [-0.1, -0.05) is 42.5 Å². The Balaban J connectivity index is 0.00000420. The highest BCUT2D eigenvalue weighted by molar-refractivity contribution is 5.94. The lowest BCUT2D eigenvalue weighted by molar-refractivity contribution is -0.418. The number of benzene rings is 2. The van der Waals surface area contributed by atoms with Gasteiger partial charge in [0.25, 0.3) is 0 Å². The van der Waals surface area contributed by atoms with Crippen LogP contribution in [0.25, 0.3) is 0 Å². The molecular weight excluding hydrogens is 396 g/mol. The highest BCUT2D eigenvalue weighted by Gasteiger charge is 2.55. The minimum absolute atomic E-state index is 0. The summed E-state index contributed by atoms with van der Waals surface area (Å²) in [5.41, 5.74) is 2.85. The van der Waals surface area contributed by atoms with Gasteiger partial charge in [0.05, 0.1) is 19.8 Å². The van der Waals surface area contributed by atoms with Crippen LogP contribution in [0.15, 0.2) is 54.6 Å². The van der Waals surface area contributed by atoms with Crippen LogP contribution in [0, 0.1) is 11.3 Å². The zero-order valence-corrected chi connectivity index (χ0v) is 17.0. The average molecular weight is 419 g/mol. The lowest BCUT2D eigenvalue weighted by Crippen LogP contribution is -3.00. The summed E-state index contributed by atoms with van der Waals surface area (Å²) in [6.07, 6.45) is 0. The third-order valence-corrected chi connectivity index (χ3v) is 4.35. The lowest BCUT2D eigenvalue weighted by atomic mass is 9.75. The van der Waals surface area contributed by atoms with Crippen LogP contribution in [-0.4, -0.2) is 31.7 Å². The molecule has 0 aliphatic heterocycles. The number of hydrogen-bond acceptors (Lipinski definition) is 6. The third kappa shape index (κ3) is 5.25. The highest BCUT2D eigenvalue weighted by atomic mass is 35.5. The number of esters is 2. The number of ether oxygens (including phenoxy) is 3. The predicted molar refractivity (Wildman–Crippen MR) is 99.8 cm³/mol. The van der Waals surface area contributed by atoms with Crippen LogP contribution >= 0.6 is 0 Å². The van der Waals surface area contributed by atoms with Crippen LogP contribution in [0.4, 0.5) is 0 Å². The molecule has 0 aromatic heterocycles. The lowest BCUT2D eigenvalue weighted by Gasteiger charge is -2.27. The largest absolute Gasteiger partial charge is 1.00 e. The van der Waals surface area contributed by atoms with Crippen molar-refractivity contribution >= 4 is 11.9 Å². The molecular formula is C21H23ClN2O5. The summed E-state index contributed by atoms with van der Waals surface area (Å²) in [4.78, 5) is 25.4. The Kier molecular flexibility index (Phi) is 9.13. The van der Waals surface area contributed by atoms with E-state index in [9.17, 15) is 14.9 Å². The maximum atomic E-state index is 13.1. The number of halogens is 1. The number of rotatable bonds is 8. The zero-order chi connectivity index (χ0) is 20.6. The molecule has 0 unspecified atom stereocenters. The fraction of sp³-hybridized carbons (Fsp3) is 0.286. The van der Waals surface area contributed by atoms with Crippen molar-refractivity contribution in [3.8, 4) is 11.8 Å². The summed E-state index contributed by atoms with van der Waals surface area (Å²) in [7, 11) is 1.50. The van der Waals surface area contributed by atoms with E-state index < -0.39 is 23.4 Å². The monoisotopic (exact) mass is 418 g/mol. The Morgan fingerprint density at radius 1 is 1.10 bits per heavy atom. The summed E-state index contributed by atoms with van der Waals surface area (Å²) in [6, 6.07) is 16.0. The van der Waals surface area contributed by atoms with Crippen molar-refractivity contribution in [3.63, 3.8) is 0 Å². The van der Waals surface area contributed by atoms with Gasteiger partial charge in [0.2, 0.25) is 11.5 Å². The van der Waals surface area contributed by atoms with Gasteiger partial charge in [-0.2, -0.15) is 5.26 Å². The van der Waals surface area contributed by atoms with E-state index in [2.05, 4.69) is 5.73 Å². The molecule has 0 heterocycles. The van der Waals surface area contributed by atoms with Gasteiger partial charge in [-0.15, -0.1) is 0 Å². The number of nitriles is 1. The van der Waals surface area contributed by atoms with E-state index >= 15 is 0 Å². The minimum atomic E-state index is -1.95. The molecule has 0 aliphatic carbocycles. The molecule has 0 saturated carbocycles. The zero-order valence-electron chi connectivity index (χ0n) is 16.3. The number of carbonyl (C=O) groups is 2. The Morgan fingerprint density at radius 2 is 1.72 bits per heavy atom. The number of quaternary nitrogens is 1. The number of methoxy groups -OCH3 is 1. The Labute approximate surface area is 175 Å². The number of carbonyl (C=O) groups excluding carboxylic acids is 2. The van der Waals surface area contributed by atoms with Gasteiger partial charge in [0, 0.05) is 0 Å². The number of nitrogens with zero attached hydrogens (tertiary/aromatic N) is 1. The first-order valence-corrected chi connectivity index (χ1v) is 8.76. The molecule has 2 aromatic rings. The fourth-order valence-electron chi connectivity index (χ4n) is 2.76. The summed E-state index contributed by atoms with van der Waals surface area (Å²) in [5.74, 6) is -1.07. The molecule has 0 radical (unpaired) electrons. The third-order valence-electron chi connectivity index (χ3n) is 4.35. The molecule has 0 aliphatic rings. The van der Waals surface area contributed by atoms with E-state index in [-0.39, 0.29) is 31.2 Å². The molecule has 29 heavy (non-hydrogen) atoms. The molecule has 8 heteroatoms. The molecule has 2 aromatic carbocycles. The van der Waals surface area contributed by atoms with E-state index in [0.717, 1.165) is 5.56 Å². The van der Waals surface area contributed by atoms with Crippen molar-refractivity contribution in [2.45, 2.75) is 25.0 Å². The van der Waals surface area contributed by atoms with E-state index in [1.807, 2.05) is 24.3 Å². The molecule has 2 atom stereocenters. The summed E-state index contributed by atoms with van der Waals surface area (Å²) >= 11 is 0. The van der Waals surface area contributed by atoms with Gasteiger partial charge in [-0.05, 0) is 30.2 Å². The van der Waals surface area contributed by atoms with Gasteiger partial charge in [-0.25, -0.2) is 9.59 Å². The normalized spacial score (nSPS) is 13.0. The summed E-state index contributed by atoms with van der Waals surface area (Å²) in [5, 5.41) is 9.98. The Morgan fingerprint density at radius 3 is 2.24 bits per heavy atom. The van der Waals surface area contributed by atoms with Crippen molar-refractivity contribution in [2.24, 2.45) is 0 Å². The van der Waals surface area contributed by atoms with Crippen molar-refractivity contribution in [2.75, 3.05) is 13.7 Å². The summed E-state index contributed by atoms with van der Waals surface area (Å²) < 4.78 is 15.5. The van der Waals surface area contributed by atoms with Crippen LogP contribution in [0.1, 0.15) is 18.1 Å². The molecule has 154 valence electrons. The molecule has 7 nitrogen and oxygen atoms in total. The smallest absolute Gasteiger partial charge is 0.367 e. The van der Waals surface area contributed by atoms with Gasteiger partial charge in [0.15, 0.2) is 0 Å². The van der Waals surface area contributed by atoms with Gasteiger partial charge in [-0.3, -0.25) is 0 Å². The van der Waals surface area contributed by atoms with Crippen LogP contribution in [0.3, 0.4) is 0 Å². The molecule has 0 bridgehead atoms. The molecule has 3 N–H and O–H groups in total. The minimum Gasteiger partial charge on any atom is -1.00 e. The fourth-order valence-corrected chi connectivity index (χ4v) is 2.76.